The van der Waals surface area contributed by atoms with E-state index in [1.54, 1.807) is 6.20 Å². The minimum absolute atomic E-state index is 0.504. The van der Waals surface area contributed by atoms with Gasteiger partial charge in [-0.2, -0.15) is 0 Å². The first-order chi connectivity index (χ1) is 8.70. The van der Waals surface area contributed by atoms with Gasteiger partial charge >= 0.3 is 0 Å². The van der Waals surface area contributed by atoms with Crippen LogP contribution in [0.2, 0.25) is 0 Å². The van der Waals surface area contributed by atoms with Crippen molar-refractivity contribution in [1.29, 1.82) is 0 Å². The number of nitrogens with two attached hydrogens (primary N) is 1. The molecule has 3 rings (SSSR count). The molecule has 0 aliphatic carbocycles. The first-order valence-corrected chi connectivity index (χ1v) is 6.50. The summed E-state index contributed by atoms with van der Waals surface area (Å²) < 4.78 is 2.13. The number of aromatic nitrogens is 3. The van der Waals surface area contributed by atoms with E-state index in [1.807, 2.05) is 6.20 Å². The van der Waals surface area contributed by atoms with Crippen molar-refractivity contribution >= 4 is 11.3 Å². The Kier molecular flexibility index (Phi) is 2.70. The van der Waals surface area contributed by atoms with Crippen molar-refractivity contribution in [3.8, 4) is 0 Å². The number of hydrogen-bond donors (Lipinski definition) is 1. The van der Waals surface area contributed by atoms with Gasteiger partial charge in [0.2, 0.25) is 0 Å². The van der Waals surface area contributed by atoms with Crippen LogP contribution >= 0.6 is 0 Å². The van der Waals surface area contributed by atoms with Crippen molar-refractivity contribution in [1.82, 2.24) is 19.3 Å². The molecule has 2 aromatic heterocycles. The van der Waals surface area contributed by atoms with E-state index in [9.17, 15) is 0 Å². The van der Waals surface area contributed by atoms with Gasteiger partial charge in [0, 0.05) is 24.9 Å². The Balaban J connectivity index is 2.15. The zero-order chi connectivity index (χ0) is 12.7. The molecule has 1 saturated heterocycles. The van der Waals surface area contributed by atoms with Gasteiger partial charge in [-0.15, -0.1) is 0 Å². The first-order valence-electron chi connectivity index (χ1n) is 6.50. The highest BCUT2D eigenvalue weighted by molar-refractivity contribution is 5.69. The number of aryl methyl sites for hydroxylation is 1. The lowest BCUT2D eigenvalue weighted by Crippen LogP contribution is -2.14. The minimum Gasteiger partial charge on any atom is -0.382 e. The topological polar surface area (TPSA) is 59.5 Å². The van der Waals surface area contributed by atoms with Crippen molar-refractivity contribution in [3.05, 3.63) is 23.9 Å². The summed E-state index contributed by atoms with van der Waals surface area (Å²) in [6.45, 7) is 4.32. The summed E-state index contributed by atoms with van der Waals surface area (Å²) in [5, 5.41) is 0. The molecule has 0 bridgehead atoms. The first kappa shape index (κ1) is 11.5. The number of nitrogens with zero attached hydrogens (tertiary/aromatic N) is 4. The van der Waals surface area contributed by atoms with E-state index in [4.69, 9.17) is 10.7 Å². The summed E-state index contributed by atoms with van der Waals surface area (Å²) >= 11 is 0. The highest BCUT2D eigenvalue weighted by Crippen LogP contribution is 2.29. The van der Waals surface area contributed by atoms with Gasteiger partial charge in [-0.3, -0.25) is 4.40 Å². The molecule has 5 heteroatoms. The van der Waals surface area contributed by atoms with Crippen molar-refractivity contribution in [3.63, 3.8) is 0 Å². The van der Waals surface area contributed by atoms with E-state index >= 15 is 0 Å². The lowest BCUT2D eigenvalue weighted by molar-refractivity contribution is 0.409. The Bertz CT molecular complexity index is 574. The standard InChI is InChI=1S/C13H19N5/c1-3-10-11-12(14)15-5-7-18(11)13(16-10)9-4-6-17(2)8-9/h5,7,9H,3-4,6,8H2,1-2H3,(H2,14,15). The second-order valence-electron chi connectivity index (χ2n) is 5.05. The predicted octanol–water partition coefficient (Wildman–Crippen LogP) is 1.29. The summed E-state index contributed by atoms with van der Waals surface area (Å²) in [7, 11) is 2.16. The maximum Gasteiger partial charge on any atom is 0.149 e. The lowest BCUT2D eigenvalue weighted by atomic mass is 10.1. The molecule has 1 fully saturated rings. The average Bonchev–Trinajstić information content (AvgIpc) is 2.93. The monoisotopic (exact) mass is 245 g/mol. The van der Waals surface area contributed by atoms with Gasteiger partial charge in [0.25, 0.3) is 0 Å². The van der Waals surface area contributed by atoms with Gasteiger partial charge in [0.15, 0.2) is 0 Å². The maximum absolute atomic E-state index is 5.99. The van der Waals surface area contributed by atoms with Crippen LogP contribution in [-0.4, -0.2) is 39.4 Å². The second-order valence-corrected chi connectivity index (χ2v) is 5.05. The number of likely N-dealkylation sites (N-methyl/N-ethyl adjacent to an activating group) is 1. The Labute approximate surface area is 107 Å². The number of imidazole rings is 1. The number of anilines is 1. The molecule has 5 nitrogen and oxygen atoms in total. The van der Waals surface area contributed by atoms with Crippen LogP contribution in [0.25, 0.3) is 5.52 Å². The summed E-state index contributed by atoms with van der Waals surface area (Å²) in [5.41, 5.74) is 8.04. The van der Waals surface area contributed by atoms with Crippen LogP contribution in [0.3, 0.4) is 0 Å². The predicted molar refractivity (Wildman–Crippen MR) is 71.6 cm³/mol. The average molecular weight is 245 g/mol. The van der Waals surface area contributed by atoms with E-state index in [0.29, 0.717) is 11.7 Å². The van der Waals surface area contributed by atoms with Gasteiger partial charge < -0.3 is 10.6 Å². The molecule has 1 unspecified atom stereocenters. The molecule has 0 saturated carbocycles. The molecule has 18 heavy (non-hydrogen) atoms. The van der Waals surface area contributed by atoms with Gasteiger partial charge in [0.1, 0.15) is 17.2 Å². The van der Waals surface area contributed by atoms with Crippen molar-refractivity contribution < 1.29 is 0 Å². The molecule has 0 amide bonds. The van der Waals surface area contributed by atoms with E-state index in [2.05, 4.69) is 28.3 Å². The van der Waals surface area contributed by atoms with Crippen molar-refractivity contribution in [2.75, 3.05) is 25.9 Å². The Morgan fingerprint density at radius 1 is 1.50 bits per heavy atom. The number of hydrogen-bond acceptors (Lipinski definition) is 4. The third-order valence-electron chi connectivity index (χ3n) is 3.77. The lowest BCUT2D eigenvalue weighted by Gasteiger charge is -2.09. The van der Waals surface area contributed by atoms with Crippen LogP contribution in [0, 0.1) is 0 Å². The van der Waals surface area contributed by atoms with E-state index in [1.165, 1.54) is 6.42 Å². The van der Waals surface area contributed by atoms with E-state index in [-0.39, 0.29) is 0 Å². The van der Waals surface area contributed by atoms with Crippen LogP contribution in [0.1, 0.15) is 30.8 Å². The normalized spacial score (nSPS) is 20.9. The molecule has 1 aliphatic heterocycles. The van der Waals surface area contributed by atoms with Crippen molar-refractivity contribution in [2.24, 2.45) is 0 Å². The van der Waals surface area contributed by atoms with E-state index < -0.39 is 0 Å². The van der Waals surface area contributed by atoms with Gasteiger partial charge in [0.05, 0.1) is 5.69 Å². The number of rotatable bonds is 2. The molecule has 2 aromatic rings. The SMILES string of the molecule is CCc1nc(C2CCN(C)C2)n2ccnc(N)c12. The molecule has 0 radical (unpaired) electrons. The molecule has 0 aromatic carbocycles. The Morgan fingerprint density at radius 2 is 2.33 bits per heavy atom. The highest BCUT2D eigenvalue weighted by atomic mass is 15.1. The smallest absolute Gasteiger partial charge is 0.149 e. The number of nitrogen functional groups attached to an aromatic ring is 1. The minimum atomic E-state index is 0.504. The molecule has 1 atom stereocenters. The summed E-state index contributed by atoms with van der Waals surface area (Å²) in [6, 6.07) is 0. The van der Waals surface area contributed by atoms with Crippen LogP contribution in [0.5, 0.6) is 0 Å². The fraction of sp³-hybridized carbons (Fsp3) is 0.538. The highest BCUT2D eigenvalue weighted by Gasteiger charge is 2.26. The summed E-state index contributed by atoms with van der Waals surface area (Å²) in [5.74, 6) is 2.23. The Morgan fingerprint density at radius 3 is 3.00 bits per heavy atom. The van der Waals surface area contributed by atoms with Gasteiger partial charge in [-0.1, -0.05) is 6.92 Å². The zero-order valence-corrected chi connectivity index (χ0v) is 10.9. The van der Waals surface area contributed by atoms with E-state index in [0.717, 1.165) is 36.5 Å². The Hall–Kier alpha value is -1.62. The quantitative estimate of drug-likeness (QED) is 0.866. The van der Waals surface area contributed by atoms with Crippen molar-refractivity contribution in [2.45, 2.75) is 25.7 Å². The molecule has 96 valence electrons. The third-order valence-corrected chi connectivity index (χ3v) is 3.77. The molecular formula is C13H19N5. The molecule has 0 spiro atoms. The fourth-order valence-corrected chi connectivity index (χ4v) is 2.84. The van der Waals surface area contributed by atoms with Crippen LogP contribution in [0.15, 0.2) is 12.4 Å². The second kappa shape index (κ2) is 4.24. The third kappa shape index (κ3) is 1.66. The largest absolute Gasteiger partial charge is 0.382 e. The van der Waals surface area contributed by atoms with Crippen LogP contribution < -0.4 is 5.73 Å². The van der Waals surface area contributed by atoms with Gasteiger partial charge in [-0.05, 0) is 26.4 Å². The fourth-order valence-electron chi connectivity index (χ4n) is 2.84. The summed E-state index contributed by atoms with van der Waals surface area (Å²) in [4.78, 5) is 11.3. The molecule has 2 N–H and O–H groups in total. The molecular weight excluding hydrogens is 226 g/mol. The number of fused-ring (bicyclic) bond motifs is 1. The van der Waals surface area contributed by atoms with Gasteiger partial charge in [-0.25, -0.2) is 9.97 Å². The summed E-state index contributed by atoms with van der Waals surface area (Å²) in [6.07, 6.45) is 5.79. The number of likely N-dealkylation sites (tertiary alicyclic amines) is 1. The van der Waals surface area contributed by atoms with Crippen LogP contribution in [0.4, 0.5) is 5.82 Å². The zero-order valence-electron chi connectivity index (χ0n) is 10.9. The van der Waals surface area contributed by atoms with Crippen LogP contribution in [-0.2, 0) is 6.42 Å². The molecule has 1 aliphatic rings. The maximum atomic E-state index is 5.99. The molecule has 3 heterocycles.